The third-order valence-electron chi connectivity index (χ3n) is 6.04. The van der Waals surface area contributed by atoms with Gasteiger partial charge in [0.25, 0.3) is 0 Å². The molecular formula is C26H28N6OS. The molecule has 0 aliphatic heterocycles. The molecule has 0 atom stereocenters. The van der Waals surface area contributed by atoms with E-state index in [0.29, 0.717) is 12.5 Å². The fourth-order valence-corrected chi connectivity index (χ4v) is 4.78. The van der Waals surface area contributed by atoms with E-state index in [9.17, 15) is 4.79 Å². The smallest absolute Gasteiger partial charge is 0.234 e. The summed E-state index contributed by atoms with van der Waals surface area (Å²) in [5.41, 5.74) is 5.83. The average molecular weight is 473 g/mol. The van der Waals surface area contributed by atoms with Gasteiger partial charge in [-0.3, -0.25) is 4.79 Å². The molecule has 1 fully saturated rings. The molecule has 0 saturated heterocycles. The lowest BCUT2D eigenvalue weighted by atomic mass is 10.2. The van der Waals surface area contributed by atoms with E-state index < -0.39 is 0 Å². The van der Waals surface area contributed by atoms with Crippen molar-refractivity contribution in [1.82, 2.24) is 24.5 Å². The van der Waals surface area contributed by atoms with Crippen LogP contribution in [0, 0.1) is 20.8 Å². The number of rotatable bonds is 8. The van der Waals surface area contributed by atoms with Crippen LogP contribution < -0.4 is 5.32 Å². The lowest BCUT2D eigenvalue weighted by Gasteiger charge is -2.10. The molecule has 0 radical (unpaired) electrons. The molecule has 5 rings (SSSR count). The summed E-state index contributed by atoms with van der Waals surface area (Å²) in [7, 11) is 0. The molecule has 1 N–H and O–H groups in total. The Kier molecular flexibility index (Phi) is 6.24. The van der Waals surface area contributed by atoms with E-state index >= 15 is 0 Å². The van der Waals surface area contributed by atoms with Gasteiger partial charge < -0.3 is 9.88 Å². The zero-order chi connectivity index (χ0) is 23.7. The van der Waals surface area contributed by atoms with Gasteiger partial charge in [-0.15, -0.1) is 10.2 Å². The van der Waals surface area contributed by atoms with Crippen LogP contribution in [0.4, 0.5) is 5.69 Å². The number of nitrogens with one attached hydrogen (secondary N) is 1. The molecule has 1 aliphatic rings. The van der Waals surface area contributed by atoms with Gasteiger partial charge >= 0.3 is 0 Å². The molecule has 4 aromatic rings. The SMILES string of the molecule is Cc1ccc(-n2nc(C)c(NC(=O)CSc3nnc(C4CC4)n3Cc3ccccc3)c2C)cc1. The van der Waals surface area contributed by atoms with Crippen LogP contribution in [0.3, 0.4) is 0 Å². The van der Waals surface area contributed by atoms with Crippen LogP contribution >= 0.6 is 11.8 Å². The summed E-state index contributed by atoms with van der Waals surface area (Å²) >= 11 is 1.43. The summed E-state index contributed by atoms with van der Waals surface area (Å²) in [6.45, 7) is 6.66. The number of amides is 1. The highest BCUT2D eigenvalue weighted by atomic mass is 32.2. The molecule has 0 bridgehead atoms. The molecule has 1 saturated carbocycles. The van der Waals surface area contributed by atoms with E-state index in [0.717, 1.165) is 46.6 Å². The molecule has 0 spiro atoms. The molecule has 174 valence electrons. The Balaban J connectivity index is 1.29. The molecule has 8 heteroatoms. The summed E-state index contributed by atoms with van der Waals surface area (Å²) in [4.78, 5) is 12.9. The van der Waals surface area contributed by atoms with Crippen LogP contribution in [0.25, 0.3) is 5.69 Å². The van der Waals surface area contributed by atoms with Crippen molar-refractivity contribution in [2.45, 2.75) is 51.2 Å². The summed E-state index contributed by atoms with van der Waals surface area (Å²) in [6.07, 6.45) is 2.31. The minimum atomic E-state index is -0.0816. The number of anilines is 1. The Bertz CT molecular complexity index is 1310. The Hall–Kier alpha value is -3.39. The van der Waals surface area contributed by atoms with Crippen LogP contribution in [0.15, 0.2) is 59.8 Å². The first-order valence-electron chi connectivity index (χ1n) is 11.5. The maximum Gasteiger partial charge on any atom is 0.234 e. The number of hydrogen-bond acceptors (Lipinski definition) is 5. The normalized spacial score (nSPS) is 13.3. The molecule has 34 heavy (non-hydrogen) atoms. The van der Waals surface area contributed by atoms with Gasteiger partial charge in [0.2, 0.25) is 5.91 Å². The number of hydrogen-bond donors (Lipinski definition) is 1. The quantitative estimate of drug-likeness (QED) is 0.363. The van der Waals surface area contributed by atoms with Crippen LogP contribution in [0.5, 0.6) is 0 Å². The largest absolute Gasteiger partial charge is 0.322 e. The van der Waals surface area contributed by atoms with Gasteiger partial charge in [0, 0.05) is 5.92 Å². The van der Waals surface area contributed by atoms with Gasteiger partial charge in [-0.25, -0.2) is 4.68 Å². The lowest BCUT2D eigenvalue weighted by Crippen LogP contribution is -2.16. The number of nitrogens with zero attached hydrogens (tertiary/aromatic N) is 5. The van der Waals surface area contributed by atoms with E-state index in [-0.39, 0.29) is 11.7 Å². The maximum absolute atomic E-state index is 12.9. The standard InChI is InChI=1S/C26H28N6OS/c1-17-9-13-22(14-10-17)32-19(3)24(18(2)30-32)27-23(33)16-34-26-29-28-25(21-11-12-21)31(26)15-20-7-5-4-6-8-20/h4-10,13-14,21H,11-12,15-16H2,1-3H3,(H,27,33). The third kappa shape index (κ3) is 4.77. The molecule has 2 heterocycles. The molecule has 0 unspecified atom stereocenters. The molecule has 7 nitrogen and oxygen atoms in total. The predicted octanol–water partition coefficient (Wildman–Crippen LogP) is 5.05. The number of aromatic nitrogens is 5. The Morgan fingerprint density at radius 3 is 2.47 bits per heavy atom. The van der Waals surface area contributed by atoms with Crippen molar-refractivity contribution >= 4 is 23.4 Å². The highest BCUT2D eigenvalue weighted by Crippen LogP contribution is 2.40. The average Bonchev–Trinajstić information content (AvgIpc) is 3.55. The Labute approximate surface area is 203 Å². The zero-order valence-corrected chi connectivity index (χ0v) is 20.5. The minimum Gasteiger partial charge on any atom is -0.322 e. The summed E-state index contributed by atoms with van der Waals surface area (Å²) in [5, 5.41) is 17.4. The van der Waals surface area contributed by atoms with E-state index in [4.69, 9.17) is 0 Å². The number of aryl methyl sites for hydroxylation is 2. The highest BCUT2D eigenvalue weighted by molar-refractivity contribution is 7.99. The van der Waals surface area contributed by atoms with Crippen LogP contribution in [-0.2, 0) is 11.3 Å². The monoisotopic (exact) mass is 472 g/mol. The number of carbonyl (C=O) groups is 1. The molecular weight excluding hydrogens is 444 g/mol. The predicted molar refractivity (Wildman–Crippen MR) is 135 cm³/mol. The summed E-state index contributed by atoms with van der Waals surface area (Å²) in [6, 6.07) is 18.5. The first kappa shape index (κ1) is 22.4. The van der Waals surface area contributed by atoms with Gasteiger partial charge in [0.05, 0.1) is 35.1 Å². The molecule has 2 aromatic carbocycles. The lowest BCUT2D eigenvalue weighted by molar-refractivity contribution is -0.113. The van der Waals surface area contributed by atoms with Crippen molar-refractivity contribution < 1.29 is 4.79 Å². The van der Waals surface area contributed by atoms with Crippen molar-refractivity contribution in [3.63, 3.8) is 0 Å². The van der Waals surface area contributed by atoms with Gasteiger partial charge in [0.15, 0.2) is 5.16 Å². The summed E-state index contributed by atoms with van der Waals surface area (Å²) < 4.78 is 4.03. The second kappa shape index (κ2) is 9.46. The first-order valence-corrected chi connectivity index (χ1v) is 12.5. The number of carbonyl (C=O) groups excluding carboxylic acids is 1. The fourth-order valence-electron chi connectivity index (χ4n) is 4.03. The highest BCUT2D eigenvalue weighted by Gasteiger charge is 2.30. The Morgan fingerprint density at radius 2 is 1.76 bits per heavy atom. The fraction of sp³-hybridized carbons (Fsp3) is 0.308. The van der Waals surface area contributed by atoms with Crippen molar-refractivity contribution in [2.75, 3.05) is 11.1 Å². The van der Waals surface area contributed by atoms with Gasteiger partial charge in [0.1, 0.15) is 5.82 Å². The number of thioether (sulfide) groups is 1. The van der Waals surface area contributed by atoms with Crippen LogP contribution in [0.2, 0.25) is 0 Å². The Morgan fingerprint density at radius 1 is 1.03 bits per heavy atom. The van der Waals surface area contributed by atoms with E-state index in [2.05, 4.69) is 56.4 Å². The zero-order valence-electron chi connectivity index (χ0n) is 19.7. The van der Waals surface area contributed by atoms with Crippen LogP contribution in [-0.4, -0.2) is 36.2 Å². The van der Waals surface area contributed by atoms with E-state index in [1.165, 1.54) is 22.9 Å². The van der Waals surface area contributed by atoms with Crippen LogP contribution in [0.1, 0.15) is 47.1 Å². The maximum atomic E-state index is 12.9. The van der Waals surface area contributed by atoms with E-state index in [1.54, 1.807) is 0 Å². The van der Waals surface area contributed by atoms with Crippen molar-refractivity contribution in [3.05, 3.63) is 82.9 Å². The van der Waals surface area contributed by atoms with Gasteiger partial charge in [-0.05, 0) is 51.3 Å². The first-order chi connectivity index (χ1) is 16.5. The molecule has 1 amide bonds. The second-order valence-electron chi connectivity index (χ2n) is 8.82. The third-order valence-corrected chi connectivity index (χ3v) is 7.00. The molecule has 1 aliphatic carbocycles. The van der Waals surface area contributed by atoms with Crippen molar-refractivity contribution in [3.8, 4) is 5.69 Å². The second-order valence-corrected chi connectivity index (χ2v) is 9.76. The van der Waals surface area contributed by atoms with Crippen molar-refractivity contribution in [1.29, 1.82) is 0 Å². The number of benzene rings is 2. The van der Waals surface area contributed by atoms with E-state index in [1.807, 2.05) is 48.9 Å². The van der Waals surface area contributed by atoms with Crippen molar-refractivity contribution in [2.24, 2.45) is 0 Å². The van der Waals surface area contributed by atoms with Gasteiger partial charge in [-0.2, -0.15) is 5.10 Å². The molecule has 2 aromatic heterocycles. The summed E-state index contributed by atoms with van der Waals surface area (Å²) in [5.74, 6) is 1.68. The van der Waals surface area contributed by atoms with Gasteiger partial charge in [-0.1, -0.05) is 59.8 Å². The minimum absolute atomic E-state index is 0.0816. The topological polar surface area (TPSA) is 77.6 Å².